The Morgan fingerprint density at radius 3 is 3.00 bits per heavy atom. The number of ether oxygens (including phenoxy) is 1. The molecule has 1 saturated heterocycles. The van der Waals surface area contributed by atoms with E-state index in [1.165, 1.54) is 0 Å². The monoisotopic (exact) mass is 257 g/mol. The predicted octanol–water partition coefficient (Wildman–Crippen LogP) is 3.36. The van der Waals surface area contributed by atoms with Crippen LogP contribution in [0.4, 0.5) is 4.39 Å². The number of methoxy groups -OCH3 is 1. The Morgan fingerprint density at radius 2 is 2.35 bits per heavy atom. The van der Waals surface area contributed by atoms with E-state index in [1.807, 2.05) is 0 Å². The summed E-state index contributed by atoms with van der Waals surface area (Å²) in [5.74, 6) is 0.587. The molecule has 94 valence electrons. The molecular formula is C13H17ClFNO. The molecular weight excluding hydrogens is 241 g/mol. The van der Waals surface area contributed by atoms with E-state index in [2.05, 4.69) is 5.32 Å². The maximum atomic E-state index is 14.5. The van der Waals surface area contributed by atoms with Crippen molar-refractivity contribution >= 4 is 11.6 Å². The number of piperidine rings is 1. The molecule has 4 heteroatoms. The average molecular weight is 258 g/mol. The van der Waals surface area contributed by atoms with Crippen molar-refractivity contribution in [3.05, 3.63) is 28.8 Å². The first-order valence-electron chi connectivity index (χ1n) is 5.90. The lowest BCUT2D eigenvalue weighted by Gasteiger charge is -2.27. The van der Waals surface area contributed by atoms with E-state index in [0.29, 0.717) is 16.3 Å². The van der Waals surface area contributed by atoms with E-state index < -0.39 is 6.17 Å². The fourth-order valence-corrected chi connectivity index (χ4v) is 2.48. The summed E-state index contributed by atoms with van der Waals surface area (Å²) < 4.78 is 19.7. The zero-order valence-electron chi connectivity index (χ0n) is 9.88. The van der Waals surface area contributed by atoms with Gasteiger partial charge < -0.3 is 10.1 Å². The quantitative estimate of drug-likeness (QED) is 0.897. The normalized spacial score (nSPS) is 22.2. The minimum atomic E-state index is -1.02. The van der Waals surface area contributed by atoms with Crippen LogP contribution in [0.1, 0.15) is 24.6 Å². The molecule has 1 fully saturated rings. The van der Waals surface area contributed by atoms with Crippen molar-refractivity contribution in [3.63, 3.8) is 0 Å². The molecule has 2 rings (SSSR count). The van der Waals surface area contributed by atoms with Gasteiger partial charge in [0.15, 0.2) is 0 Å². The van der Waals surface area contributed by atoms with Crippen LogP contribution in [0, 0.1) is 5.92 Å². The van der Waals surface area contributed by atoms with Crippen molar-refractivity contribution in [1.29, 1.82) is 0 Å². The van der Waals surface area contributed by atoms with Gasteiger partial charge in [0, 0.05) is 23.0 Å². The highest BCUT2D eigenvalue weighted by Crippen LogP contribution is 2.37. The Morgan fingerprint density at radius 1 is 1.53 bits per heavy atom. The van der Waals surface area contributed by atoms with Crippen LogP contribution < -0.4 is 10.1 Å². The molecule has 1 heterocycles. The highest BCUT2D eigenvalue weighted by molar-refractivity contribution is 6.30. The van der Waals surface area contributed by atoms with Gasteiger partial charge in [-0.1, -0.05) is 11.6 Å². The molecule has 0 aliphatic carbocycles. The summed E-state index contributed by atoms with van der Waals surface area (Å²) in [5, 5.41) is 3.77. The Bertz CT molecular complexity index is 380. The first-order valence-corrected chi connectivity index (χ1v) is 6.28. The first-order chi connectivity index (χ1) is 8.22. The minimum Gasteiger partial charge on any atom is -0.496 e. The Kier molecular flexibility index (Phi) is 4.24. The minimum absolute atomic E-state index is 0.0103. The van der Waals surface area contributed by atoms with E-state index in [9.17, 15) is 4.39 Å². The summed E-state index contributed by atoms with van der Waals surface area (Å²) in [5.41, 5.74) is 0.564. The highest BCUT2D eigenvalue weighted by atomic mass is 35.5. The summed E-state index contributed by atoms with van der Waals surface area (Å²) in [6, 6.07) is 5.11. The number of hydrogen-bond acceptors (Lipinski definition) is 2. The van der Waals surface area contributed by atoms with Gasteiger partial charge in [-0.15, -0.1) is 0 Å². The number of hydrogen-bond donors (Lipinski definition) is 1. The van der Waals surface area contributed by atoms with Gasteiger partial charge >= 0.3 is 0 Å². The van der Waals surface area contributed by atoms with E-state index in [4.69, 9.17) is 16.3 Å². The Labute approximate surface area is 106 Å². The van der Waals surface area contributed by atoms with Crippen molar-refractivity contribution in [3.8, 4) is 5.75 Å². The fraction of sp³-hybridized carbons (Fsp3) is 0.538. The van der Waals surface area contributed by atoms with Gasteiger partial charge in [0.1, 0.15) is 11.9 Å². The molecule has 0 radical (unpaired) electrons. The van der Waals surface area contributed by atoms with Crippen LogP contribution in [0.15, 0.2) is 18.2 Å². The SMILES string of the molecule is COc1ccc(Cl)cc1C(F)C1CCCNC1. The molecule has 1 aromatic rings. The molecule has 1 aromatic carbocycles. The first kappa shape index (κ1) is 12.7. The van der Waals surface area contributed by atoms with Crippen LogP contribution in [-0.2, 0) is 0 Å². The number of halogens is 2. The molecule has 1 N–H and O–H groups in total. The van der Waals surface area contributed by atoms with E-state index >= 15 is 0 Å². The van der Waals surface area contributed by atoms with Gasteiger partial charge in [0.2, 0.25) is 0 Å². The lowest BCUT2D eigenvalue weighted by Crippen LogP contribution is -2.32. The molecule has 1 aliphatic heterocycles. The topological polar surface area (TPSA) is 21.3 Å². The van der Waals surface area contributed by atoms with Gasteiger partial charge in [0.25, 0.3) is 0 Å². The van der Waals surface area contributed by atoms with Gasteiger partial charge in [-0.05, 0) is 37.6 Å². The molecule has 0 aromatic heterocycles. The van der Waals surface area contributed by atoms with Crippen molar-refractivity contribution in [2.45, 2.75) is 19.0 Å². The third-order valence-corrected chi connectivity index (χ3v) is 3.47. The molecule has 2 nitrogen and oxygen atoms in total. The molecule has 17 heavy (non-hydrogen) atoms. The zero-order valence-corrected chi connectivity index (χ0v) is 10.6. The maximum Gasteiger partial charge on any atom is 0.133 e. The average Bonchev–Trinajstić information content (AvgIpc) is 2.39. The summed E-state index contributed by atoms with van der Waals surface area (Å²) in [6.45, 7) is 1.70. The van der Waals surface area contributed by atoms with Crippen molar-refractivity contribution < 1.29 is 9.13 Å². The highest BCUT2D eigenvalue weighted by Gasteiger charge is 2.27. The zero-order chi connectivity index (χ0) is 12.3. The van der Waals surface area contributed by atoms with Crippen molar-refractivity contribution in [1.82, 2.24) is 5.32 Å². The summed E-state index contributed by atoms with van der Waals surface area (Å²) in [4.78, 5) is 0. The van der Waals surface area contributed by atoms with Gasteiger partial charge in [-0.3, -0.25) is 0 Å². The molecule has 0 spiro atoms. The third kappa shape index (κ3) is 2.90. The maximum absolute atomic E-state index is 14.5. The van der Waals surface area contributed by atoms with Crippen molar-refractivity contribution in [2.24, 2.45) is 5.92 Å². The molecule has 1 aliphatic rings. The number of benzene rings is 1. The lowest BCUT2D eigenvalue weighted by molar-refractivity contribution is 0.190. The predicted molar refractivity (Wildman–Crippen MR) is 67.4 cm³/mol. The molecule has 2 atom stereocenters. The second kappa shape index (κ2) is 5.69. The molecule has 0 bridgehead atoms. The fourth-order valence-electron chi connectivity index (χ4n) is 2.30. The second-order valence-corrected chi connectivity index (χ2v) is 4.83. The van der Waals surface area contributed by atoms with Crippen LogP contribution in [0.5, 0.6) is 5.75 Å². The Balaban J connectivity index is 2.21. The number of rotatable bonds is 3. The molecule has 0 saturated carbocycles. The van der Waals surface area contributed by atoms with E-state index in [-0.39, 0.29) is 5.92 Å². The van der Waals surface area contributed by atoms with Crippen LogP contribution >= 0.6 is 11.6 Å². The smallest absolute Gasteiger partial charge is 0.133 e. The van der Waals surface area contributed by atoms with Gasteiger partial charge in [0.05, 0.1) is 7.11 Å². The van der Waals surface area contributed by atoms with Crippen LogP contribution in [0.2, 0.25) is 5.02 Å². The van der Waals surface area contributed by atoms with Crippen LogP contribution in [-0.4, -0.2) is 20.2 Å². The Hall–Kier alpha value is -0.800. The van der Waals surface area contributed by atoms with E-state index in [1.54, 1.807) is 25.3 Å². The van der Waals surface area contributed by atoms with E-state index in [0.717, 1.165) is 25.9 Å². The van der Waals surface area contributed by atoms with Crippen molar-refractivity contribution in [2.75, 3.05) is 20.2 Å². The third-order valence-electron chi connectivity index (χ3n) is 3.24. The lowest BCUT2D eigenvalue weighted by atomic mass is 9.90. The standard InChI is InChI=1S/C13H17ClFNO/c1-17-12-5-4-10(14)7-11(12)13(15)9-3-2-6-16-8-9/h4-5,7,9,13,16H,2-3,6,8H2,1H3. The molecule has 2 unspecified atom stereocenters. The second-order valence-electron chi connectivity index (χ2n) is 4.39. The molecule has 0 amide bonds. The number of alkyl halides is 1. The number of nitrogens with one attached hydrogen (secondary N) is 1. The summed E-state index contributed by atoms with van der Waals surface area (Å²) in [6.07, 6.45) is 0.911. The largest absolute Gasteiger partial charge is 0.496 e. The van der Waals surface area contributed by atoms with Crippen LogP contribution in [0.25, 0.3) is 0 Å². The van der Waals surface area contributed by atoms with Crippen LogP contribution in [0.3, 0.4) is 0 Å². The van der Waals surface area contributed by atoms with Gasteiger partial charge in [-0.25, -0.2) is 4.39 Å². The summed E-state index contributed by atoms with van der Waals surface area (Å²) >= 11 is 5.92. The van der Waals surface area contributed by atoms with Gasteiger partial charge in [-0.2, -0.15) is 0 Å². The summed E-state index contributed by atoms with van der Waals surface area (Å²) in [7, 11) is 1.55.